The molecule has 4 heteroatoms. The van der Waals surface area contributed by atoms with Gasteiger partial charge in [-0.05, 0) is 48.4 Å². The van der Waals surface area contributed by atoms with E-state index in [4.69, 9.17) is 4.74 Å². The Hall–Kier alpha value is -3.14. The van der Waals surface area contributed by atoms with E-state index in [1.165, 1.54) is 5.39 Å². The second-order valence-corrected chi connectivity index (χ2v) is 6.52. The van der Waals surface area contributed by atoms with Gasteiger partial charge in [-0.25, -0.2) is 0 Å². The van der Waals surface area contributed by atoms with Crippen molar-refractivity contribution in [1.29, 1.82) is 0 Å². The van der Waals surface area contributed by atoms with E-state index in [-0.39, 0.29) is 0 Å². The predicted molar refractivity (Wildman–Crippen MR) is 102 cm³/mol. The highest BCUT2D eigenvalue weighted by molar-refractivity contribution is 6.52. The Kier molecular flexibility index (Phi) is 4.17. The molecule has 0 N–H and O–H groups in total. The molecule has 0 aromatic heterocycles. The fourth-order valence-electron chi connectivity index (χ4n) is 3.31. The highest BCUT2D eigenvalue weighted by Crippen LogP contribution is 2.29. The Morgan fingerprint density at radius 3 is 2.58 bits per heavy atom. The molecule has 1 amide bonds. The van der Waals surface area contributed by atoms with Gasteiger partial charge in [-0.1, -0.05) is 42.0 Å². The third-order valence-corrected chi connectivity index (χ3v) is 4.64. The van der Waals surface area contributed by atoms with Crippen LogP contribution >= 0.6 is 0 Å². The van der Waals surface area contributed by atoms with Crippen LogP contribution in [0.25, 0.3) is 10.8 Å². The van der Waals surface area contributed by atoms with Gasteiger partial charge in [-0.3, -0.25) is 9.59 Å². The first-order chi connectivity index (χ1) is 12.6. The summed E-state index contributed by atoms with van der Waals surface area (Å²) in [7, 11) is 0. The summed E-state index contributed by atoms with van der Waals surface area (Å²) in [4.78, 5) is 25.9. The van der Waals surface area contributed by atoms with Gasteiger partial charge >= 0.3 is 0 Å². The molecule has 4 rings (SSSR count). The zero-order valence-corrected chi connectivity index (χ0v) is 14.6. The van der Waals surface area contributed by atoms with Crippen molar-refractivity contribution in [3.63, 3.8) is 0 Å². The molecule has 4 nitrogen and oxygen atoms in total. The lowest BCUT2D eigenvalue weighted by atomic mass is 10.1. The second kappa shape index (κ2) is 6.64. The topological polar surface area (TPSA) is 46.6 Å². The van der Waals surface area contributed by atoms with Crippen LogP contribution in [0.5, 0.6) is 5.75 Å². The van der Waals surface area contributed by atoms with Crippen LogP contribution in [-0.2, 0) is 4.79 Å². The van der Waals surface area contributed by atoms with Crippen molar-refractivity contribution in [3.8, 4) is 5.75 Å². The van der Waals surface area contributed by atoms with Crippen molar-refractivity contribution >= 4 is 28.2 Å². The molecule has 0 saturated carbocycles. The fourth-order valence-corrected chi connectivity index (χ4v) is 3.31. The lowest BCUT2D eigenvalue weighted by molar-refractivity contribution is -0.114. The van der Waals surface area contributed by atoms with Crippen molar-refractivity contribution in [2.75, 3.05) is 18.1 Å². The summed E-state index contributed by atoms with van der Waals surface area (Å²) in [5, 5.41) is 2.31. The maximum atomic E-state index is 12.2. The van der Waals surface area contributed by atoms with Gasteiger partial charge < -0.3 is 9.64 Å². The minimum absolute atomic E-state index is 0.417. The Morgan fingerprint density at radius 1 is 0.923 bits per heavy atom. The number of fused-ring (bicyclic) bond motifs is 2. The van der Waals surface area contributed by atoms with Gasteiger partial charge in [0, 0.05) is 6.54 Å². The molecule has 130 valence electrons. The molecule has 3 aromatic carbocycles. The number of anilines is 1. The number of carbonyl (C=O) groups is 2. The molecule has 0 saturated heterocycles. The van der Waals surface area contributed by atoms with Gasteiger partial charge in [0.05, 0.1) is 17.9 Å². The van der Waals surface area contributed by atoms with E-state index in [1.54, 1.807) is 11.0 Å². The molecule has 0 bridgehead atoms. The van der Waals surface area contributed by atoms with Gasteiger partial charge in [-0.15, -0.1) is 0 Å². The molecule has 0 aliphatic carbocycles. The van der Waals surface area contributed by atoms with Crippen LogP contribution in [0.1, 0.15) is 22.3 Å². The van der Waals surface area contributed by atoms with Crippen LogP contribution in [0.15, 0.2) is 60.7 Å². The quantitative estimate of drug-likeness (QED) is 0.516. The number of hydrogen-bond acceptors (Lipinski definition) is 3. The normalized spacial score (nSPS) is 13.3. The number of Topliss-reactive ketones (excluding diaryl/α,β-unsaturated/α-hetero) is 1. The summed E-state index contributed by atoms with van der Waals surface area (Å²) in [6, 6.07) is 19.7. The highest BCUT2D eigenvalue weighted by Gasteiger charge is 2.35. The van der Waals surface area contributed by atoms with E-state index in [2.05, 4.69) is 12.1 Å². The first-order valence-corrected chi connectivity index (χ1v) is 8.72. The maximum absolute atomic E-state index is 12.2. The zero-order chi connectivity index (χ0) is 18.1. The molecule has 3 aromatic rings. The lowest BCUT2D eigenvalue weighted by Gasteiger charge is -2.16. The third-order valence-electron chi connectivity index (χ3n) is 4.64. The van der Waals surface area contributed by atoms with E-state index >= 15 is 0 Å². The van der Waals surface area contributed by atoms with E-state index in [1.807, 2.05) is 49.4 Å². The van der Waals surface area contributed by atoms with E-state index in [0.29, 0.717) is 30.8 Å². The standard InChI is InChI=1S/C22H19NO3/c1-15-7-10-20-19(13-15)21(24)22(25)23(20)11-4-12-26-18-9-8-16-5-2-3-6-17(16)14-18/h2-3,5-10,13-14H,4,11-12H2,1H3. The highest BCUT2D eigenvalue weighted by atomic mass is 16.5. The van der Waals surface area contributed by atoms with Crippen LogP contribution in [0.2, 0.25) is 0 Å². The monoisotopic (exact) mass is 345 g/mol. The van der Waals surface area contributed by atoms with E-state index in [0.717, 1.165) is 16.7 Å². The molecular formula is C22H19NO3. The molecule has 0 atom stereocenters. The van der Waals surface area contributed by atoms with E-state index in [9.17, 15) is 9.59 Å². The number of aryl methyl sites for hydroxylation is 1. The number of amides is 1. The molecule has 0 fully saturated rings. The lowest BCUT2D eigenvalue weighted by Crippen LogP contribution is -2.31. The summed E-state index contributed by atoms with van der Waals surface area (Å²) >= 11 is 0. The van der Waals surface area contributed by atoms with Crippen LogP contribution in [-0.4, -0.2) is 24.8 Å². The minimum Gasteiger partial charge on any atom is -0.494 e. The Balaban J connectivity index is 1.39. The van der Waals surface area contributed by atoms with Gasteiger partial charge in [0.1, 0.15) is 5.75 Å². The maximum Gasteiger partial charge on any atom is 0.299 e. The fraction of sp³-hybridized carbons (Fsp3) is 0.182. The first kappa shape index (κ1) is 16.3. The SMILES string of the molecule is Cc1ccc2c(c1)C(=O)C(=O)N2CCCOc1ccc2ccccc2c1. The van der Waals surface area contributed by atoms with Gasteiger partial charge in [0.25, 0.3) is 11.7 Å². The first-order valence-electron chi connectivity index (χ1n) is 8.72. The summed E-state index contributed by atoms with van der Waals surface area (Å²) in [5.74, 6) is -0.0565. The van der Waals surface area contributed by atoms with Crippen molar-refractivity contribution < 1.29 is 14.3 Å². The zero-order valence-electron chi connectivity index (χ0n) is 14.6. The summed E-state index contributed by atoms with van der Waals surface area (Å²) in [5.41, 5.74) is 2.19. The van der Waals surface area contributed by atoms with Crippen molar-refractivity contribution in [1.82, 2.24) is 0 Å². The van der Waals surface area contributed by atoms with Crippen molar-refractivity contribution in [2.45, 2.75) is 13.3 Å². The smallest absolute Gasteiger partial charge is 0.299 e. The number of nitrogens with zero attached hydrogens (tertiary/aromatic N) is 1. The molecule has 26 heavy (non-hydrogen) atoms. The van der Waals surface area contributed by atoms with E-state index < -0.39 is 11.7 Å². The van der Waals surface area contributed by atoms with Crippen molar-refractivity contribution in [3.05, 3.63) is 71.8 Å². The Morgan fingerprint density at radius 2 is 1.73 bits per heavy atom. The predicted octanol–water partition coefficient (Wildman–Crippen LogP) is 4.15. The number of ketones is 1. The number of rotatable bonds is 5. The Bertz CT molecular complexity index is 1010. The molecule has 0 spiro atoms. The third kappa shape index (κ3) is 2.94. The summed E-state index contributed by atoms with van der Waals surface area (Å²) in [6.07, 6.45) is 0.652. The molecular weight excluding hydrogens is 326 g/mol. The summed E-state index contributed by atoms with van der Waals surface area (Å²) in [6.45, 7) is 2.86. The average molecular weight is 345 g/mol. The number of ether oxygens (including phenoxy) is 1. The van der Waals surface area contributed by atoms with Crippen molar-refractivity contribution in [2.24, 2.45) is 0 Å². The molecule has 1 aliphatic rings. The largest absolute Gasteiger partial charge is 0.494 e. The second-order valence-electron chi connectivity index (χ2n) is 6.52. The number of hydrogen-bond donors (Lipinski definition) is 0. The van der Waals surface area contributed by atoms with Gasteiger partial charge in [-0.2, -0.15) is 0 Å². The van der Waals surface area contributed by atoms with Gasteiger partial charge in [0.2, 0.25) is 0 Å². The van der Waals surface area contributed by atoms with Crippen LogP contribution in [0, 0.1) is 6.92 Å². The molecule has 0 unspecified atom stereocenters. The van der Waals surface area contributed by atoms with Crippen LogP contribution < -0.4 is 9.64 Å². The molecule has 0 radical (unpaired) electrons. The minimum atomic E-state index is -0.448. The molecule has 1 heterocycles. The number of carbonyl (C=O) groups excluding carboxylic acids is 2. The molecule has 1 aliphatic heterocycles. The Labute approximate surface area is 152 Å². The van der Waals surface area contributed by atoms with Crippen LogP contribution in [0.4, 0.5) is 5.69 Å². The number of benzene rings is 3. The summed E-state index contributed by atoms with van der Waals surface area (Å²) < 4.78 is 5.82. The average Bonchev–Trinajstić information content (AvgIpc) is 2.89. The van der Waals surface area contributed by atoms with Gasteiger partial charge in [0.15, 0.2) is 0 Å². The van der Waals surface area contributed by atoms with Crippen LogP contribution in [0.3, 0.4) is 0 Å².